The highest BCUT2D eigenvalue weighted by Crippen LogP contribution is 2.20. The van der Waals surface area contributed by atoms with Crippen molar-refractivity contribution in [3.8, 4) is 11.8 Å². The monoisotopic (exact) mass is 209 g/mol. The fraction of sp³-hybridized carbons (Fsp3) is 0.182. The maximum absolute atomic E-state index is 11.9. The molecule has 0 aromatic heterocycles. The minimum atomic E-state index is -2.83. The van der Waals surface area contributed by atoms with Gasteiger partial charge in [0, 0.05) is 6.08 Å². The number of rotatable bonds is 3. The van der Waals surface area contributed by atoms with Crippen LogP contribution >= 0.6 is 0 Å². The van der Waals surface area contributed by atoms with Crippen molar-refractivity contribution >= 4 is 5.57 Å². The first-order chi connectivity index (χ1) is 7.13. The number of nitrogens with zero attached hydrogens (tertiary/aromatic N) is 1. The molecule has 0 aliphatic heterocycles. The highest BCUT2D eigenvalue weighted by molar-refractivity contribution is 5.66. The summed E-state index contributed by atoms with van der Waals surface area (Å²) in [4.78, 5) is 0. The second kappa shape index (κ2) is 5.11. The van der Waals surface area contributed by atoms with Gasteiger partial charge in [-0.25, -0.2) is 0 Å². The molecule has 0 aliphatic carbocycles. The molecule has 0 unspecified atom stereocenters. The molecular formula is C11H9F2NO. The van der Waals surface area contributed by atoms with Crippen LogP contribution in [0.4, 0.5) is 8.78 Å². The zero-order valence-corrected chi connectivity index (χ0v) is 8.08. The zero-order valence-electron chi connectivity index (χ0n) is 8.08. The molecular weight excluding hydrogens is 200 g/mol. The Morgan fingerprint density at radius 3 is 2.87 bits per heavy atom. The van der Waals surface area contributed by atoms with Gasteiger partial charge in [-0.1, -0.05) is 12.1 Å². The molecule has 0 amide bonds. The lowest BCUT2D eigenvalue weighted by atomic mass is 10.1. The minimum absolute atomic E-state index is 0.0909. The lowest BCUT2D eigenvalue weighted by Crippen LogP contribution is -2.01. The highest BCUT2D eigenvalue weighted by Gasteiger charge is 2.04. The van der Waals surface area contributed by atoms with Crippen LogP contribution in [0.3, 0.4) is 0 Å². The molecule has 15 heavy (non-hydrogen) atoms. The summed E-state index contributed by atoms with van der Waals surface area (Å²) < 4.78 is 28.1. The first kappa shape index (κ1) is 11.2. The number of ether oxygens (including phenoxy) is 1. The Bertz CT molecular complexity index is 407. The lowest BCUT2D eigenvalue weighted by molar-refractivity contribution is -0.0498. The SMILES string of the molecule is CC(=CC#N)c1cccc(OC(F)F)c1. The van der Waals surface area contributed by atoms with Crippen molar-refractivity contribution in [2.45, 2.75) is 13.5 Å². The van der Waals surface area contributed by atoms with Crippen molar-refractivity contribution in [3.05, 3.63) is 35.9 Å². The van der Waals surface area contributed by atoms with Crippen LogP contribution in [0.5, 0.6) is 5.75 Å². The van der Waals surface area contributed by atoms with E-state index in [-0.39, 0.29) is 5.75 Å². The van der Waals surface area contributed by atoms with Gasteiger partial charge in [0.1, 0.15) is 5.75 Å². The van der Waals surface area contributed by atoms with Gasteiger partial charge in [0.2, 0.25) is 0 Å². The molecule has 78 valence electrons. The van der Waals surface area contributed by atoms with Gasteiger partial charge in [-0.2, -0.15) is 14.0 Å². The normalized spacial score (nSPS) is 11.3. The van der Waals surface area contributed by atoms with E-state index in [0.29, 0.717) is 11.1 Å². The fourth-order valence-corrected chi connectivity index (χ4v) is 1.10. The molecule has 0 saturated heterocycles. The molecule has 1 aromatic rings. The van der Waals surface area contributed by atoms with Gasteiger partial charge in [0.15, 0.2) is 0 Å². The fourth-order valence-electron chi connectivity index (χ4n) is 1.10. The third-order valence-electron chi connectivity index (χ3n) is 1.80. The first-order valence-electron chi connectivity index (χ1n) is 4.25. The maximum Gasteiger partial charge on any atom is 0.387 e. The van der Waals surface area contributed by atoms with E-state index in [2.05, 4.69) is 4.74 Å². The molecule has 4 heteroatoms. The summed E-state index contributed by atoms with van der Waals surface area (Å²) in [5, 5.41) is 8.44. The third kappa shape index (κ3) is 3.39. The second-order valence-electron chi connectivity index (χ2n) is 2.86. The van der Waals surface area contributed by atoms with Gasteiger partial charge in [-0.3, -0.25) is 0 Å². The standard InChI is InChI=1S/C11H9F2NO/c1-8(5-6-14)9-3-2-4-10(7-9)15-11(12)13/h2-5,7,11H,1H3. The molecule has 2 nitrogen and oxygen atoms in total. The lowest BCUT2D eigenvalue weighted by Gasteiger charge is -2.06. The molecule has 1 rings (SSSR count). The Kier molecular flexibility index (Phi) is 3.81. The molecule has 0 fully saturated rings. The van der Waals surface area contributed by atoms with Crippen molar-refractivity contribution in [2.24, 2.45) is 0 Å². The van der Waals surface area contributed by atoms with Crippen molar-refractivity contribution in [1.82, 2.24) is 0 Å². The van der Waals surface area contributed by atoms with E-state index in [1.807, 2.05) is 6.07 Å². The predicted octanol–water partition coefficient (Wildman–Crippen LogP) is 3.21. The molecule has 1 aromatic carbocycles. The molecule has 0 aliphatic rings. The third-order valence-corrected chi connectivity index (χ3v) is 1.80. The van der Waals surface area contributed by atoms with Crippen LogP contribution in [0.25, 0.3) is 5.57 Å². The number of alkyl halides is 2. The van der Waals surface area contributed by atoms with E-state index >= 15 is 0 Å². The molecule has 0 spiro atoms. The van der Waals surface area contributed by atoms with E-state index in [9.17, 15) is 8.78 Å². The number of allylic oxidation sites excluding steroid dienone is 2. The minimum Gasteiger partial charge on any atom is -0.435 e. The van der Waals surface area contributed by atoms with E-state index in [0.717, 1.165) is 0 Å². The number of hydrogen-bond donors (Lipinski definition) is 0. The summed E-state index contributed by atoms with van der Waals surface area (Å²) in [5.74, 6) is 0.0909. The van der Waals surface area contributed by atoms with Crippen molar-refractivity contribution < 1.29 is 13.5 Å². The number of hydrogen-bond acceptors (Lipinski definition) is 2. The Morgan fingerprint density at radius 1 is 1.53 bits per heavy atom. The summed E-state index contributed by atoms with van der Waals surface area (Å²) in [6.07, 6.45) is 1.35. The van der Waals surface area contributed by atoms with Gasteiger partial charge in [-0.05, 0) is 30.2 Å². The van der Waals surface area contributed by atoms with Crippen LogP contribution in [0, 0.1) is 11.3 Å². The molecule has 0 heterocycles. The quantitative estimate of drug-likeness (QED) is 0.716. The van der Waals surface area contributed by atoms with Gasteiger partial charge < -0.3 is 4.74 Å². The van der Waals surface area contributed by atoms with Crippen LogP contribution in [0.15, 0.2) is 30.3 Å². The van der Waals surface area contributed by atoms with Gasteiger partial charge in [-0.15, -0.1) is 0 Å². The van der Waals surface area contributed by atoms with Gasteiger partial charge in [0.25, 0.3) is 0 Å². The Balaban J connectivity index is 2.93. The molecule has 0 radical (unpaired) electrons. The van der Waals surface area contributed by atoms with Crippen LogP contribution in [0.2, 0.25) is 0 Å². The maximum atomic E-state index is 11.9. The Morgan fingerprint density at radius 2 is 2.27 bits per heavy atom. The predicted molar refractivity (Wildman–Crippen MR) is 52.3 cm³/mol. The van der Waals surface area contributed by atoms with Gasteiger partial charge in [0.05, 0.1) is 6.07 Å². The Labute approximate surface area is 86.4 Å². The van der Waals surface area contributed by atoms with Crippen molar-refractivity contribution in [1.29, 1.82) is 5.26 Å². The van der Waals surface area contributed by atoms with Gasteiger partial charge >= 0.3 is 6.61 Å². The zero-order chi connectivity index (χ0) is 11.3. The number of halogens is 2. The summed E-state index contributed by atoms with van der Waals surface area (Å²) >= 11 is 0. The van der Waals surface area contributed by atoms with E-state index in [1.54, 1.807) is 19.1 Å². The molecule has 0 bridgehead atoms. The summed E-state index contributed by atoms with van der Waals surface area (Å²) in [5.41, 5.74) is 1.40. The summed E-state index contributed by atoms with van der Waals surface area (Å²) in [6, 6.07) is 8.11. The molecule has 0 atom stereocenters. The first-order valence-corrected chi connectivity index (χ1v) is 4.25. The van der Waals surface area contributed by atoms with Crippen LogP contribution in [-0.2, 0) is 0 Å². The van der Waals surface area contributed by atoms with Crippen molar-refractivity contribution in [2.75, 3.05) is 0 Å². The van der Waals surface area contributed by atoms with E-state index in [4.69, 9.17) is 5.26 Å². The van der Waals surface area contributed by atoms with Crippen LogP contribution < -0.4 is 4.74 Å². The van der Waals surface area contributed by atoms with Crippen molar-refractivity contribution in [3.63, 3.8) is 0 Å². The Hall–Kier alpha value is -1.89. The van der Waals surface area contributed by atoms with Crippen LogP contribution in [0.1, 0.15) is 12.5 Å². The van der Waals surface area contributed by atoms with E-state index < -0.39 is 6.61 Å². The average molecular weight is 209 g/mol. The smallest absolute Gasteiger partial charge is 0.387 e. The largest absolute Gasteiger partial charge is 0.435 e. The highest BCUT2D eigenvalue weighted by atomic mass is 19.3. The molecule has 0 N–H and O–H groups in total. The second-order valence-corrected chi connectivity index (χ2v) is 2.86. The van der Waals surface area contributed by atoms with E-state index in [1.165, 1.54) is 18.2 Å². The average Bonchev–Trinajstić information content (AvgIpc) is 2.17. The summed E-state index contributed by atoms with van der Waals surface area (Å²) in [7, 11) is 0. The topological polar surface area (TPSA) is 33.0 Å². The molecule has 0 saturated carbocycles. The number of benzene rings is 1. The number of nitriles is 1. The van der Waals surface area contributed by atoms with Crippen LogP contribution in [-0.4, -0.2) is 6.61 Å². The summed E-state index contributed by atoms with van der Waals surface area (Å²) in [6.45, 7) is -1.11.